The van der Waals surface area contributed by atoms with Crippen molar-refractivity contribution in [2.24, 2.45) is 7.05 Å². The molecule has 4 heterocycles. The predicted octanol–water partition coefficient (Wildman–Crippen LogP) is 2.01. The van der Waals surface area contributed by atoms with Gasteiger partial charge in [0.2, 0.25) is 5.91 Å². The molecule has 5 aromatic rings. The highest BCUT2D eigenvalue weighted by Crippen LogP contribution is 2.17. The first-order valence-corrected chi connectivity index (χ1v) is 11.7. The maximum absolute atomic E-state index is 12.9. The van der Waals surface area contributed by atoms with Gasteiger partial charge < -0.3 is 14.9 Å². The predicted molar refractivity (Wildman–Crippen MR) is 129 cm³/mol. The molecule has 172 valence electrons. The molecule has 10 nitrogen and oxygen atoms in total. The lowest BCUT2D eigenvalue weighted by Crippen LogP contribution is -2.25. The van der Waals surface area contributed by atoms with E-state index in [2.05, 4.69) is 30.5 Å². The standard InChI is InChI=1S/C23H22N8O2S/c1-14-15(22(33)31-10-6-5-9-19(31)25-14)11-20-28-29-23(30(20)2)34-13-21(32)24-12-18-26-16-7-3-4-8-17(16)27-18/h3-10H,11-13H2,1-2H3,(H,24,32)(H,26,27). The molecule has 0 fully saturated rings. The van der Waals surface area contributed by atoms with Crippen LogP contribution in [0.5, 0.6) is 0 Å². The highest BCUT2D eigenvalue weighted by molar-refractivity contribution is 7.99. The van der Waals surface area contributed by atoms with Crippen LogP contribution in [0.15, 0.2) is 58.6 Å². The van der Waals surface area contributed by atoms with Crippen molar-refractivity contribution in [1.29, 1.82) is 0 Å². The molecule has 34 heavy (non-hydrogen) atoms. The van der Waals surface area contributed by atoms with E-state index in [1.165, 1.54) is 16.2 Å². The second-order valence-corrected chi connectivity index (χ2v) is 8.75. The van der Waals surface area contributed by atoms with E-state index in [4.69, 9.17) is 0 Å². The van der Waals surface area contributed by atoms with E-state index < -0.39 is 0 Å². The van der Waals surface area contributed by atoms with Crippen LogP contribution in [0.2, 0.25) is 0 Å². The van der Waals surface area contributed by atoms with Crippen LogP contribution in [0.4, 0.5) is 0 Å². The lowest BCUT2D eigenvalue weighted by Gasteiger charge is -2.08. The number of rotatable bonds is 7. The van der Waals surface area contributed by atoms with Gasteiger partial charge in [0.1, 0.15) is 17.3 Å². The zero-order chi connectivity index (χ0) is 23.7. The molecular formula is C23H22N8O2S. The van der Waals surface area contributed by atoms with E-state index in [-0.39, 0.29) is 17.2 Å². The number of benzene rings is 1. The molecule has 0 atom stereocenters. The molecule has 0 aliphatic rings. The van der Waals surface area contributed by atoms with Gasteiger partial charge >= 0.3 is 0 Å². The summed E-state index contributed by atoms with van der Waals surface area (Å²) in [5.41, 5.74) is 3.52. The van der Waals surface area contributed by atoms with Crippen molar-refractivity contribution in [2.75, 3.05) is 5.75 Å². The molecule has 0 aliphatic heterocycles. The summed E-state index contributed by atoms with van der Waals surface area (Å²) in [6.45, 7) is 2.14. The Morgan fingerprint density at radius 2 is 1.94 bits per heavy atom. The molecule has 1 aromatic carbocycles. The first-order chi connectivity index (χ1) is 16.5. The Bertz CT molecular complexity index is 1540. The number of pyridine rings is 1. The number of hydrogen-bond acceptors (Lipinski definition) is 7. The Morgan fingerprint density at radius 3 is 2.79 bits per heavy atom. The summed E-state index contributed by atoms with van der Waals surface area (Å²) >= 11 is 1.29. The molecule has 0 aliphatic carbocycles. The Labute approximate surface area is 198 Å². The van der Waals surface area contributed by atoms with Gasteiger partial charge in [-0.3, -0.25) is 14.0 Å². The number of imidazole rings is 1. The summed E-state index contributed by atoms with van der Waals surface area (Å²) in [6.07, 6.45) is 2.01. The number of amides is 1. The first kappa shape index (κ1) is 21.8. The summed E-state index contributed by atoms with van der Waals surface area (Å²) in [4.78, 5) is 37.5. The lowest BCUT2D eigenvalue weighted by molar-refractivity contribution is -0.118. The maximum atomic E-state index is 12.9. The van der Waals surface area contributed by atoms with Gasteiger partial charge in [0, 0.05) is 30.9 Å². The smallest absolute Gasteiger partial charge is 0.261 e. The van der Waals surface area contributed by atoms with Gasteiger partial charge in [0.25, 0.3) is 5.56 Å². The topological polar surface area (TPSA) is 123 Å². The minimum Gasteiger partial charge on any atom is -0.348 e. The number of carbonyl (C=O) groups excluding carboxylic acids is 1. The number of aromatic amines is 1. The molecule has 0 radical (unpaired) electrons. The van der Waals surface area contributed by atoms with Crippen LogP contribution in [-0.2, 0) is 24.8 Å². The summed E-state index contributed by atoms with van der Waals surface area (Å²) in [5.74, 6) is 1.38. The number of nitrogens with one attached hydrogen (secondary N) is 2. The molecule has 1 amide bonds. The van der Waals surface area contributed by atoms with Gasteiger partial charge in [-0.1, -0.05) is 30.0 Å². The molecule has 0 saturated heterocycles. The fourth-order valence-corrected chi connectivity index (χ4v) is 4.44. The third-order valence-corrected chi connectivity index (χ3v) is 6.54. The second kappa shape index (κ2) is 9.10. The fourth-order valence-electron chi connectivity index (χ4n) is 3.68. The Balaban J connectivity index is 1.22. The SMILES string of the molecule is Cc1nc2ccccn2c(=O)c1Cc1nnc(SCC(=O)NCc2nc3ccccc3[nH]2)n1C. The molecule has 4 aromatic heterocycles. The molecule has 0 saturated carbocycles. The van der Waals surface area contributed by atoms with Crippen LogP contribution in [0.25, 0.3) is 16.7 Å². The van der Waals surface area contributed by atoms with E-state index in [0.717, 1.165) is 11.0 Å². The van der Waals surface area contributed by atoms with Crippen molar-refractivity contribution in [2.45, 2.75) is 25.0 Å². The van der Waals surface area contributed by atoms with Crippen LogP contribution >= 0.6 is 11.8 Å². The van der Waals surface area contributed by atoms with E-state index >= 15 is 0 Å². The Kier molecular flexibility index (Phi) is 5.84. The first-order valence-electron chi connectivity index (χ1n) is 10.7. The number of hydrogen-bond donors (Lipinski definition) is 2. The second-order valence-electron chi connectivity index (χ2n) is 7.81. The number of aromatic nitrogens is 7. The molecule has 2 N–H and O–H groups in total. The van der Waals surface area contributed by atoms with E-state index in [1.54, 1.807) is 22.9 Å². The van der Waals surface area contributed by atoms with Crippen molar-refractivity contribution in [3.63, 3.8) is 0 Å². The lowest BCUT2D eigenvalue weighted by atomic mass is 10.1. The van der Waals surface area contributed by atoms with Crippen LogP contribution in [-0.4, -0.2) is 45.8 Å². The highest BCUT2D eigenvalue weighted by Gasteiger charge is 2.16. The van der Waals surface area contributed by atoms with E-state index in [1.807, 2.05) is 44.3 Å². The number of para-hydroxylation sites is 2. The molecule has 0 bridgehead atoms. The molecule has 0 spiro atoms. The van der Waals surface area contributed by atoms with E-state index in [0.29, 0.717) is 46.7 Å². The monoisotopic (exact) mass is 474 g/mol. The van der Waals surface area contributed by atoms with E-state index in [9.17, 15) is 9.59 Å². The average molecular weight is 475 g/mol. The van der Waals surface area contributed by atoms with Crippen molar-refractivity contribution >= 4 is 34.3 Å². The third-order valence-electron chi connectivity index (χ3n) is 5.52. The largest absolute Gasteiger partial charge is 0.348 e. The zero-order valence-corrected chi connectivity index (χ0v) is 19.5. The van der Waals surface area contributed by atoms with Gasteiger partial charge in [-0.25, -0.2) is 9.97 Å². The normalized spacial score (nSPS) is 11.4. The van der Waals surface area contributed by atoms with Gasteiger partial charge in [-0.05, 0) is 31.2 Å². The van der Waals surface area contributed by atoms with Crippen molar-refractivity contribution in [1.82, 2.24) is 39.4 Å². The van der Waals surface area contributed by atoms with Gasteiger partial charge in [-0.15, -0.1) is 10.2 Å². The minimum absolute atomic E-state index is 0.120. The highest BCUT2D eigenvalue weighted by atomic mass is 32.2. The van der Waals surface area contributed by atoms with Crippen LogP contribution in [0.3, 0.4) is 0 Å². The van der Waals surface area contributed by atoms with Crippen molar-refractivity contribution in [3.05, 3.63) is 81.9 Å². The van der Waals surface area contributed by atoms with Crippen LogP contribution < -0.4 is 10.9 Å². The maximum Gasteiger partial charge on any atom is 0.261 e. The van der Waals surface area contributed by atoms with Crippen molar-refractivity contribution in [3.8, 4) is 0 Å². The average Bonchev–Trinajstić information content (AvgIpc) is 3.42. The number of aryl methyl sites for hydroxylation is 1. The summed E-state index contributed by atoms with van der Waals surface area (Å²) in [7, 11) is 1.82. The Morgan fingerprint density at radius 1 is 1.12 bits per heavy atom. The zero-order valence-electron chi connectivity index (χ0n) is 18.6. The van der Waals surface area contributed by atoms with Gasteiger partial charge in [0.05, 0.1) is 23.3 Å². The van der Waals surface area contributed by atoms with Gasteiger partial charge in [0.15, 0.2) is 5.16 Å². The summed E-state index contributed by atoms with van der Waals surface area (Å²) in [6, 6.07) is 13.2. The Hall–Kier alpha value is -3.99. The van der Waals surface area contributed by atoms with Crippen LogP contribution in [0, 0.1) is 6.92 Å². The van der Waals surface area contributed by atoms with Crippen molar-refractivity contribution < 1.29 is 4.79 Å². The molecule has 11 heteroatoms. The third kappa shape index (κ3) is 4.29. The minimum atomic E-state index is -0.136. The number of carbonyl (C=O) groups is 1. The molecule has 0 unspecified atom stereocenters. The van der Waals surface area contributed by atoms with Crippen LogP contribution in [0.1, 0.15) is 22.9 Å². The quantitative estimate of drug-likeness (QED) is 0.346. The number of thioether (sulfide) groups is 1. The number of nitrogens with zero attached hydrogens (tertiary/aromatic N) is 6. The number of H-pyrrole nitrogens is 1. The number of fused-ring (bicyclic) bond motifs is 2. The molecular weight excluding hydrogens is 452 g/mol. The van der Waals surface area contributed by atoms with Gasteiger partial charge in [-0.2, -0.15) is 0 Å². The fraction of sp³-hybridized carbons (Fsp3) is 0.217. The summed E-state index contributed by atoms with van der Waals surface area (Å²) in [5, 5.41) is 11.9. The summed E-state index contributed by atoms with van der Waals surface area (Å²) < 4.78 is 3.33. The molecule has 5 rings (SSSR count).